The molecule has 1 fully saturated rings. The van der Waals surface area contributed by atoms with E-state index in [-0.39, 0.29) is 4.75 Å². The van der Waals surface area contributed by atoms with Crippen molar-refractivity contribution in [3.63, 3.8) is 0 Å². The van der Waals surface area contributed by atoms with E-state index >= 15 is 0 Å². The number of halogens is 1. The fraction of sp³-hybridized carbons (Fsp3) is 0.667. The lowest BCUT2D eigenvalue weighted by atomic mass is 10.1. The lowest BCUT2D eigenvalue weighted by Gasteiger charge is -2.22. The number of hydrogen-bond donors (Lipinski definition) is 1. The minimum atomic E-state index is -3.39. The number of sulfonamides is 1. The molecule has 1 aliphatic heterocycles. The number of nitrogens with zero attached hydrogens (tertiary/aromatic N) is 1. The smallest absolute Gasteiger partial charge is 0.244 e. The van der Waals surface area contributed by atoms with Crippen LogP contribution in [0.25, 0.3) is 0 Å². The zero-order valence-electron chi connectivity index (χ0n) is 11.1. The van der Waals surface area contributed by atoms with Crippen LogP contribution in [0.15, 0.2) is 17.2 Å². The molecule has 0 aromatic carbocycles. The normalized spacial score (nSPS) is 21.2. The summed E-state index contributed by atoms with van der Waals surface area (Å²) in [4.78, 5) is 3.20. The average molecular weight is 323 g/mol. The molecule has 0 unspecified atom stereocenters. The van der Waals surface area contributed by atoms with E-state index in [1.165, 1.54) is 6.20 Å². The van der Waals surface area contributed by atoms with Crippen LogP contribution in [0.2, 0.25) is 0 Å². The van der Waals surface area contributed by atoms with Crippen molar-refractivity contribution in [2.45, 2.75) is 35.8 Å². The third-order valence-electron chi connectivity index (χ3n) is 3.29. The minimum Gasteiger partial charge on any atom is -0.363 e. The fourth-order valence-corrected chi connectivity index (χ4v) is 4.87. The van der Waals surface area contributed by atoms with Gasteiger partial charge in [0.15, 0.2) is 0 Å². The first-order valence-electron chi connectivity index (χ1n) is 6.22. The molecule has 0 radical (unpaired) electrons. The molecule has 1 aromatic heterocycles. The fourth-order valence-electron chi connectivity index (χ4n) is 2.04. The van der Waals surface area contributed by atoms with Crippen molar-refractivity contribution in [3.05, 3.63) is 18.0 Å². The van der Waals surface area contributed by atoms with Gasteiger partial charge in [-0.15, -0.1) is 11.6 Å². The van der Waals surface area contributed by atoms with Gasteiger partial charge in [-0.1, -0.05) is 13.8 Å². The Balaban J connectivity index is 2.20. The van der Waals surface area contributed by atoms with Crippen LogP contribution in [-0.4, -0.2) is 41.3 Å². The summed E-state index contributed by atoms with van der Waals surface area (Å²) < 4.78 is 26.8. The maximum atomic E-state index is 12.5. The quantitative estimate of drug-likeness (QED) is 0.870. The number of hydrogen-bond acceptors (Lipinski definition) is 3. The molecule has 0 saturated carbocycles. The van der Waals surface area contributed by atoms with Gasteiger partial charge in [0.25, 0.3) is 0 Å². The molecule has 1 saturated heterocycles. The van der Waals surface area contributed by atoms with Gasteiger partial charge in [0.05, 0.1) is 10.8 Å². The first-order valence-corrected chi connectivity index (χ1v) is 9.18. The maximum absolute atomic E-state index is 12.5. The van der Waals surface area contributed by atoms with E-state index in [9.17, 15) is 8.42 Å². The van der Waals surface area contributed by atoms with Crippen molar-refractivity contribution in [3.8, 4) is 0 Å². The molecular formula is C12H19ClN2O2S2. The molecule has 7 heteroatoms. The number of nitrogens with one attached hydrogen (secondary N) is 1. The largest absolute Gasteiger partial charge is 0.363 e. The second kappa shape index (κ2) is 5.68. The lowest BCUT2D eigenvalue weighted by molar-refractivity contribution is 0.415. The molecule has 4 nitrogen and oxygen atoms in total. The predicted octanol–water partition coefficient (Wildman–Crippen LogP) is 2.66. The molecule has 0 bridgehead atoms. The second-order valence-corrected chi connectivity index (χ2v) is 9.26. The molecule has 0 atom stereocenters. The van der Waals surface area contributed by atoms with E-state index in [0.29, 0.717) is 23.9 Å². The molecule has 2 heterocycles. The van der Waals surface area contributed by atoms with Crippen molar-refractivity contribution in [1.29, 1.82) is 0 Å². The second-order valence-electron chi connectivity index (χ2n) is 5.26. The van der Waals surface area contributed by atoms with Crippen LogP contribution in [0.1, 0.15) is 26.0 Å². The minimum absolute atomic E-state index is 0.143. The molecule has 108 valence electrons. The van der Waals surface area contributed by atoms with E-state index < -0.39 is 10.0 Å². The lowest BCUT2D eigenvalue weighted by Crippen LogP contribution is -2.33. The van der Waals surface area contributed by atoms with Crippen LogP contribution in [0.4, 0.5) is 0 Å². The van der Waals surface area contributed by atoms with Gasteiger partial charge in [-0.25, -0.2) is 8.42 Å². The van der Waals surface area contributed by atoms with Crippen LogP contribution in [0.3, 0.4) is 0 Å². The summed E-state index contributed by atoms with van der Waals surface area (Å²) in [6.45, 7) is 5.47. The zero-order valence-corrected chi connectivity index (χ0v) is 13.5. The number of aromatic amines is 1. The van der Waals surface area contributed by atoms with Crippen molar-refractivity contribution in [2.24, 2.45) is 0 Å². The van der Waals surface area contributed by atoms with E-state index in [2.05, 4.69) is 18.8 Å². The Morgan fingerprint density at radius 1 is 1.47 bits per heavy atom. The van der Waals surface area contributed by atoms with Gasteiger partial charge >= 0.3 is 0 Å². The first kappa shape index (κ1) is 15.2. The Morgan fingerprint density at radius 3 is 2.84 bits per heavy atom. The highest BCUT2D eigenvalue weighted by Crippen LogP contribution is 2.32. The van der Waals surface area contributed by atoms with E-state index in [1.54, 1.807) is 10.4 Å². The average Bonchev–Trinajstić information content (AvgIpc) is 2.75. The van der Waals surface area contributed by atoms with Gasteiger partial charge in [-0.3, -0.25) is 0 Å². The van der Waals surface area contributed by atoms with Crippen LogP contribution >= 0.6 is 23.4 Å². The summed E-state index contributed by atoms with van der Waals surface area (Å²) >= 11 is 7.53. The SMILES string of the molecule is CC1(C)CCN(S(=O)(=O)c2c[nH]c(CCl)c2)CCS1. The molecule has 1 aliphatic rings. The molecule has 0 aliphatic carbocycles. The summed E-state index contributed by atoms with van der Waals surface area (Å²) in [5.41, 5.74) is 0.727. The summed E-state index contributed by atoms with van der Waals surface area (Å²) in [6.07, 6.45) is 2.39. The van der Waals surface area contributed by atoms with Crippen LogP contribution in [-0.2, 0) is 15.9 Å². The van der Waals surface area contributed by atoms with Gasteiger partial charge < -0.3 is 4.98 Å². The van der Waals surface area contributed by atoms with Gasteiger partial charge in [0.2, 0.25) is 10.0 Å². The number of alkyl halides is 1. The highest BCUT2D eigenvalue weighted by molar-refractivity contribution is 8.00. The van der Waals surface area contributed by atoms with Crippen molar-refractivity contribution < 1.29 is 8.42 Å². The Kier molecular flexibility index (Phi) is 4.55. The van der Waals surface area contributed by atoms with Gasteiger partial charge in [0.1, 0.15) is 0 Å². The summed E-state index contributed by atoms with van der Waals surface area (Å²) in [5, 5.41) is 0. The monoisotopic (exact) mass is 322 g/mol. The van der Waals surface area contributed by atoms with Crippen molar-refractivity contribution in [1.82, 2.24) is 9.29 Å². The number of aromatic nitrogens is 1. The Bertz CT molecular complexity index is 540. The molecule has 19 heavy (non-hydrogen) atoms. The summed E-state index contributed by atoms with van der Waals surface area (Å²) in [5.74, 6) is 1.12. The Morgan fingerprint density at radius 2 is 2.21 bits per heavy atom. The Labute approximate surface area is 124 Å². The first-order chi connectivity index (χ1) is 8.85. The molecule has 2 rings (SSSR count). The zero-order chi connectivity index (χ0) is 14.1. The molecule has 1 aromatic rings. The highest BCUT2D eigenvalue weighted by Gasteiger charge is 2.31. The molecule has 0 spiro atoms. The van der Waals surface area contributed by atoms with E-state index in [0.717, 1.165) is 17.9 Å². The van der Waals surface area contributed by atoms with Crippen molar-refractivity contribution >= 4 is 33.4 Å². The summed E-state index contributed by atoms with van der Waals surface area (Å²) in [7, 11) is -3.39. The molecular weight excluding hydrogens is 304 g/mol. The third kappa shape index (κ3) is 3.48. The third-order valence-corrected chi connectivity index (χ3v) is 6.83. The van der Waals surface area contributed by atoms with Gasteiger partial charge in [0, 0.05) is 35.5 Å². The van der Waals surface area contributed by atoms with Gasteiger partial charge in [-0.2, -0.15) is 16.1 Å². The molecule has 0 amide bonds. The number of rotatable bonds is 3. The number of H-pyrrole nitrogens is 1. The topological polar surface area (TPSA) is 53.2 Å². The Hall–Kier alpha value is -0.170. The van der Waals surface area contributed by atoms with Crippen LogP contribution in [0.5, 0.6) is 0 Å². The van der Waals surface area contributed by atoms with Gasteiger partial charge in [-0.05, 0) is 12.5 Å². The highest BCUT2D eigenvalue weighted by atomic mass is 35.5. The predicted molar refractivity (Wildman–Crippen MR) is 80.3 cm³/mol. The maximum Gasteiger partial charge on any atom is 0.244 e. The summed E-state index contributed by atoms with van der Waals surface area (Å²) in [6, 6.07) is 1.62. The van der Waals surface area contributed by atoms with E-state index in [1.807, 2.05) is 11.8 Å². The molecule has 1 N–H and O–H groups in total. The van der Waals surface area contributed by atoms with Crippen LogP contribution in [0, 0.1) is 0 Å². The van der Waals surface area contributed by atoms with Crippen molar-refractivity contribution in [2.75, 3.05) is 18.8 Å². The van der Waals surface area contributed by atoms with Crippen LogP contribution < -0.4 is 0 Å². The standard InChI is InChI=1S/C12H19ClN2O2S2/c1-12(2)3-4-15(5-6-18-12)19(16,17)11-7-10(8-13)14-9-11/h7,9,14H,3-6,8H2,1-2H3. The number of thioether (sulfide) groups is 1. The van der Waals surface area contributed by atoms with E-state index in [4.69, 9.17) is 11.6 Å².